The molecule has 2 heterocycles. The Morgan fingerprint density at radius 1 is 1.18 bits per heavy atom. The monoisotopic (exact) mass is 374 g/mol. The maximum absolute atomic E-state index is 13.7. The fourth-order valence-electron chi connectivity index (χ4n) is 3.84. The van der Waals surface area contributed by atoms with E-state index in [1.54, 1.807) is 41.7 Å². The first-order valence-corrected chi connectivity index (χ1v) is 9.04. The van der Waals surface area contributed by atoms with E-state index in [2.05, 4.69) is 11.1 Å². The van der Waals surface area contributed by atoms with Crippen molar-refractivity contribution < 1.29 is 9.18 Å². The maximum atomic E-state index is 13.7. The minimum absolute atomic E-state index is 0.0699. The van der Waals surface area contributed by atoms with Crippen molar-refractivity contribution in [3.05, 3.63) is 89.3 Å². The van der Waals surface area contributed by atoms with Crippen LogP contribution in [0.2, 0.25) is 0 Å². The molecule has 0 saturated carbocycles. The number of hydrogen-bond acceptors (Lipinski definition) is 3. The van der Waals surface area contributed by atoms with Gasteiger partial charge in [0.15, 0.2) is 0 Å². The van der Waals surface area contributed by atoms with Crippen LogP contribution in [0.1, 0.15) is 42.3 Å². The van der Waals surface area contributed by atoms with Gasteiger partial charge >= 0.3 is 0 Å². The van der Waals surface area contributed by atoms with Crippen LogP contribution in [0.3, 0.4) is 0 Å². The summed E-state index contributed by atoms with van der Waals surface area (Å²) in [6.07, 6.45) is 3.43. The molecular weight excluding hydrogens is 355 g/mol. The summed E-state index contributed by atoms with van der Waals surface area (Å²) in [6.45, 7) is 4.23. The molecule has 0 fully saturated rings. The summed E-state index contributed by atoms with van der Waals surface area (Å²) in [5, 5.41) is 9.07. The fraction of sp³-hybridized carbons (Fsp3) is 0.227. The van der Waals surface area contributed by atoms with Gasteiger partial charge in [0.05, 0.1) is 36.2 Å². The molecule has 2 atom stereocenters. The van der Waals surface area contributed by atoms with Gasteiger partial charge < -0.3 is 9.47 Å². The van der Waals surface area contributed by atoms with Crippen LogP contribution in [-0.2, 0) is 16.9 Å². The highest BCUT2D eigenvalue weighted by Gasteiger charge is 2.46. The molecule has 1 aromatic heterocycles. The number of nitrogens with zero attached hydrogens (tertiary/aromatic N) is 4. The molecule has 4 rings (SSSR count). The Morgan fingerprint density at radius 2 is 1.86 bits per heavy atom. The van der Waals surface area contributed by atoms with Crippen molar-refractivity contribution in [2.24, 2.45) is 0 Å². The van der Waals surface area contributed by atoms with Gasteiger partial charge in [0.25, 0.3) is 5.91 Å². The summed E-state index contributed by atoms with van der Waals surface area (Å²) >= 11 is 0. The van der Waals surface area contributed by atoms with E-state index in [9.17, 15) is 9.18 Å². The molecule has 0 N–H and O–H groups in total. The van der Waals surface area contributed by atoms with E-state index in [1.165, 1.54) is 12.1 Å². The second-order valence-corrected chi connectivity index (χ2v) is 7.18. The Bertz CT molecular complexity index is 1070. The van der Waals surface area contributed by atoms with Crippen molar-refractivity contribution >= 4 is 5.91 Å². The Kier molecular flexibility index (Phi) is 4.23. The van der Waals surface area contributed by atoms with Gasteiger partial charge in [0.2, 0.25) is 0 Å². The molecule has 1 aliphatic heterocycles. The van der Waals surface area contributed by atoms with Crippen LogP contribution in [0, 0.1) is 17.1 Å². The van der Waals surface area contributed by atoms with Crippen molar-refractivity contribution in [3.63, 3.8) is 0 Å². The highest BCUT2D eigenvalue weighted by atomic mass is 19.1. The number of imidazole rings is 1. The lowest BCUT2D eigenvalue weighted by atomic mass is 9.86. The predicted molar refractivity (Wildman–Crippen MR) is 101 cm³/mol. The molecule has 0 saturated heterocycles. The van der Waals surface area contributed by atoms with Gasteiger partial charge in [0, 0.05) is 6.20 Å². The Morgan fingerprint density at radius 3 is 2.50 bits per heavy atom. The van der Waals surface area contributed by atoms with Crippen LogP contribution in [0.25, 0.3) is 0 Å². The van der Waals surface area contributed by atoms with Crippen molar-refractivity contribution in [1.82, 2.24) is 14.5 Å². The number of hydrogen-bond donors (Lipinski definition) is 0. The van der Waals surface area contributed by atoms with Crippen LogP contribution in [0.15, 0.2) is 61.1 Å². The molecule has 3 aromatic rings. The molecule has 5 nitrogen and oxygen atoms in total. The van der Waals surface area contributed by atoms with Crippen molar-refractivity contribution in [2.45, 2.75) is 32.0 Å². The SMILES string of the molecule is CC(c1ccc(F)cc1)N1Cc2cncn2[C@@](C)(c2ccc(C#N)cc2)C1=O. The summed E-state index contributed by atoms with van der Waals surface area (Å²) < 4.78 is 15.2. The third-order valence-electron chi connectivity index (χ3n) is 5.60. The number of benzene rings is 2. The van der Waals surface area contributed by atoms with E-state index in [0.717, 1.165) is 16.8 Å². The number of amides is 1. The molecule has 2 aromatic carbocycles. The van der Waals surface area contributed by atoms with Gasteiger partial charge in [0.1, 0.15) is 11.4 Å². The normalized spacial score (nSPS) is 19.8. The smallest absolute Gasteiger partial charge is 0.254 e. The third kappa shape index (κ3) is 2.67. The molecule has 0 bridgehead atoms. The van der Waals surface area contributed by atoms with Gasteiger partial charge in [-0.05, 0) is 49.2 Å². The second kappa shape index (κ2) is 6.61. The van der Waals surface area contributed by atoms with Crippen LogP contribution < -0.4 is 0 Å². The van der Waals surface area contributed by atoms with Crippen molar-refractivity contribution in [3.8, 4) is 6.07 Å². The molecule has 1 unspecified atom stereocenters. The fourth-order valence-corrected chi connectivity index (χ4v) is 3.84. The largest absolute Gasteiger partial charge is 0.328 e. The van der Waals surface area contributed by atoms with Crippen LogP contribution in [-0.4, -0.2) is 20.4 Å². The Labute approximate surface area is 162 Å². The first-order chi connectivity index (χ1) is 13.4. The quantitative estimate of drug-likeness (QED) is 0.701. The average molecular weight is 374 g/mol. The van der Waals surface area contributed by atoms with Gasteiger partial charge in [-0.2, -0.15) is 5.26 Å². The van der Waals surface area contributed by atoms with Crippen LogP contribution in [0.5, 0.6) is 0 Å². The van der Waals surface area contributed by atoms with E-state index >= 15 is 0 Å². The highest BCUT2D eigenvalue weighted by Crippen LogP contribution is 2.38. The molecule has 140 valence electrons. The minimum Gasteiger partial charge on any atom is -0.328 e. The van der Waals surface area contributed by atoms with Crippen LogP contribution in [0.4, 0.5) is 4.39 Å². The lowest BCUT2D eigenvalue weighted by Gasteiger charge is -2.44. The third-order valence-corrected chi connectivity index (χ3v) is 5.60. The summed E-state index contributed by atoms with van der Waals surface area (Å²) in [4.78, 5) is 19.7. The number of nitriles is 1. The van der Waals surface area contributed by atoms with E-state index in [4.69, 9.17) is 5.26 Å². The Balaban J connectivity index is 1.79. The molecule has 0 aliphatic carbocycles. The van der Waals surface area contributed by atoms with Gasteiger partial charge in [-0.3, -0.25) is 4.79 Å². The van der Waals surface area contributed by atoms with E-state index in [0.29, 0.717) is 12.1 Å². The Hall–Kier alpha value is -3.46. The summed E-state index contributed by atoms with van der Waals surface area (Å²) in [6, 6.07) is 15.2. The van der Waals surface area contributed by atoms with Gasteiger partial charge in [-0.15, -0.1) is 0 Å². The summed E-state index contributed by atoms with van der Waals surface area (Å²) in [7, 11) is 0. The van der Waals surface area contributed by atoms with Gasteiger partial charge in [-0.25, -0.2) is 9.37 Å². The first-order valence-electron chi connectivity index (χ1n) is 9.04. The molecule has 0 radical (unpaired) electrons. The highest BCUT2D eigenvalue weighted by molar-refractivity contribution is 5.89. The standard InChI is InChI=1S/C22H19FN4O/c1-15(17-5-9-19(23)10-6-17)26-13-20-12-25-14-27(20)22(2,21(26)28)18-7-3-16(11-24)4-8-18/h3-10,12,14-15H,13H2,1-2H3/t15?,22-/m0/s1. The first kappa shape index (κ1) is 17.9. The summed E-state index contributed by atoms with van der Waals surface area (Å²) in [5.74, 6) is -0.374. The molecule has 0 spiro atoms. The molecule has 28 heavy (non-hydrogen) atoms. The zero-order valence-corrected chi connectivity index (χ0v) is 15.6. The topological polar surface area (TPSA) is 61.9 Å². The van der Waals surface area contributed by atoms with E-state index < -0.39 is 5.54 Å². The lowest BCUT2D eigenvalue weighted by molar-refractivity contribution is -0.143. The number of rotatable bonds is 3. The zero-order chi connectivity index (χ0) is 19.9. The second-order valence-electron chi connectivity index (χ2n) is 7.18. The molecule has 6 heteroatoms. The number of fused-ring (bicyclic) bond motifs is 1. The summed E-state index contributed by atoms with van der Waals surface area (Å²) in [5.41, 5.74) is 2.13. The van der Waals surface area contributed by atoms with Crippen molar-refractivity contribution in [2.75, 3.05) is 0 Å². The van der Waals surface area contributed by atoms with Crippen molar-refractivity contribution in [1.29, 1.82) is 5.26 Å². The van der Waals surface area contributed by atoms with Crippen LogP contribution >= 0.6 is 0 Å². The molecule has 1 amide bonds. The number of halogens is 1. The predicted octanol–water partition coefficient (Wildman–Crippen LogP) is 3.76. The molecular formula is C22H19FN4O. The number of carbonyl (C=O) groups is 1. The van der Waals surface area contributed by atoms with Gasteiger partial charge in [-0.1, -0.05) is 24.3 Å². The number of aromatic nitrogens is 2. The van der Waals surface area contributed by atoms with E-state index in [1.807, 2.05) is 30.5 Å². The minimum atomic E-state index is -0.980. The zero-order valence-electron chi connectivity index (χ0n) is 15.6. The molecule has 1 aliphatic rings. The maximum Gasteiger partial charge on any atom is 0.254 e. The number of carbonyl (C=O) groups excluding carboxylic acids is 1. The van der Waals surface area contributed by atoms with E-state index in [-0.39, 0.29) is 17.8 Å². The lowest BCUT2D eigenvalue weighted by Crippen LogP contribution is -2.54. The average Bonchev–Trinajstić information content (AvgIpc) is 3.20.